The Kier molecular flexibility index (Phi) is 2.97. The van der Waals surface area contributed by atoms with Crippen LogP contribution < -0.4 is 5.73 Å². The highest BCUT2D eigenvalue weighted by Crippen LogP contribution is 2.28. The van der Waals surface area contributed by atoms with Crippen LogP contribution in [0.1, 0.15) is 35.9 Å². The number of aromatic nitrogens is 2. The molecule has 2 unspecified atom stereocenters. The Morgan fingerprint density at radius 1 is 1.42 bits per heavy atom. The third-order valence-electron chi connectivity index (χ3n) is 4.01. The van der Waals surface area contributed by atoms with E-state index in [2.05, 4.69) is 5.10 Å². The molecule has 2 saturated heterocycles. The number of hydrogen-bond acceptors (Lipinski definition) is 4. The van der Waals surface area contributed by atoms with E-state index < -0.39 is 0 Å². The van der Waals surface area contributed by atoms with Gasteiger partial charge in [-0.2, -0.15) is 5.10 Å². The zero-order chi connectivity index (χ0) is 13.6. The Hall–Kier alpha value is -1.56. The maximum atomic E-state index is 12.7. The molecular formula is C13H20N4O2. The topological polar surface area (TPSA) is 73.4 Å². The lowest BCUT2D eigenvalue weighted by Crippen LogP contribution is -2.46. The van der Waals surface area contributed by atoms with E-state index in [1.54, 1.807) is 4.68 Å². The summed E-state index contributed by atoms with van der Waals surface area (Å²) in [5.74, 6) is -0.0137. The van der Waals surface area contributed by atoms with E-state index in [1.165, 1.54) is 0 Å². The van der Waals surface area contributed by atoms with Gasteiger partial charge in [-0.15, -0.1) is 0 Å². The van der Waals surface area contributed by atoms with Gasteiger partial charge >= 0.3 is 0 Å². The SMILES string of the molecule is CCn1nc(C)c(N)c1C(=O)N1CC2CCC(C1)O2. The number of carbonyl (C=O) groups excluding carboxylic acids is 1. The van der Waals surface area contributed by atoms with E-state index in [4.69, 9.17) is 10.5 Å². The Morgan fingerprint density at radius 2 is 2.05 bits per heavy atom. The van der Waals surface area contributed by atoms with Crippen molar-refractivity contribution in [2.75, 3.05) is 18.8 Å². The lowest BCUT2D eigenvalue weighted by atomic mass is 10.2. The molecule has 1 amide bonds. The van der Waals surface area contributed by atoms with Gasteiger partial charge in [0.1, 0.15) is 5.69 Å². The van der Waals surface area contributed by atoms with Gasteiger partial charge in [0.05, 0.1) is 23.6 Å². The molecule has 3 heterocycles. The highest BCUT2D eigenvalue weighted by Gasteiger charge is 2.37. The number of ether oxygens (including phenoxy) is 1. The molecule has 0 aliphatic carbocycles. The minimum atomic E-state index is -0.0137. The molecule has 19 heavy (non-hydrogen) atoms. The van der Waals surface area contributed by atoms with Crippen LogP contribution in [0.3, 0.4) is 0 Å². The first kappa shape index (κ1) is 12.5. The monoisotopic (exact) mass is 264 g/mol. The van der Waals surface area contributed by atoms with Gasteiger partial charge < -0.3 is 15.4 Å². The van der Waals surface area contributed by atoms with Crippen molar-refractivity contribution in [2.24, 2.45) is 0 Å². The van der Waals surface area contributed by atoms with Crippen LogP contribution in [-0.4, -0.2) is 45.9 Å². The Bertz CT molecular complexity index is 499. The molecule has 2 fully saturated rings. The van der Waals surface area contributed by atoms with Gasteiger partial charge in [0.25, 0.3) is 5.91 Å². The molecule has 3 rings (SSSR count). The summed E-state index contributed by atoms with van der Waals surface area (Å²) >= 11 is 0. The maximum absolute atomic E-state index is 12.7. The number of nitrogens with two attached hydrogens (primary N) is 1. The van der Waals surface area contributed by atoms with Crippen molar-refractivity contribution in [3.05, 3.63) is 11.4 Å². The van der Waals surface area contributed by atoms with Crippen molar-refractivity contribution >= 4 is 11.6 Å². The summed E-state index contributed by atoms with van der Waals surface area (Å²) < 4.78 is 7.46. The third-order valence-corrected chi connectivity index (χ3v) is 4.01. The number of fused-ring (bicyclic) bond motifs is 2. The average Bonchev–Trinajstić information content (AvgIpc) is 2.89. The predicted molar refractivity (Wildman–Crippen MR) is 70.8 cm³/mol. The second kappa shape index (κ2) is 4.52. The first-order chi connectivity index (χ1) is 9.10. The smallest absolute Gasteiger partial charge is 0.274 e. The largest absolute Gasteiger partial charge is 0.395 e. The van der Waals surface area contributed by atoms with Crippen LogP contribution in [0.15, 0.2) is 0 Å². The summed E-state index contributed by atoms with van der Waals surface area (Å²) in [6.45, 7) is 5.79. The average molecular weight is 264 g/mol. The third kappa shape index (κ3) is 2.00. The van der Waals surface area contributed by atoms with Crippen molar-refractivity contribution < 1.29 is 9.53 Å². The number of likely N-dealkylation sites (tertiary alicyclic amines) is 1. The second-order valence-corrected chi connectivity index (χ2v) is 5.33. The lowest BCUT2D eigenvalue weighted by molar-refractivity contribution is -0.0306. The second-order valence-electron chi connectivity index (χ2n) is 5.33. The van der Waals surface area contributed by atoms with E-state index in [0.29, 0.717) is 31.0 Å². The molecule has 0 saturated carbocycles. The van der Waals surface area contributed by atoms with Crippen LogP contribution in [0.5, 0.6) is 0 Å². The summed E-state index contributed by atoms with van der Waals surface area (Å²) in [5, 5.41) is 4.31. The summed E-state index contributed by atoms with van der Waals surface area (Å²) in [6, 6.07) is 0. The van der Waals surface area contributed by atoms with Crippen molar-refractivity contribution in [1.82, 2.24) is 14.7 Å². The maximum Gasteiger partial charge on any atom is 0.274 e. The molecule has 1 aromatic heterocycles. The van der Waals surface area contributed by atoms with Crippen LogP contribution >= 0.6 is 0 Å². The van der Waals surface area contributed by atoms with Gasteiger partial charge in [0.15, 0.2) is 0 Å². The minimum Gasteiger partial charge on any atom is -0.395 e. The quantitative estimate of drug-likeness (QED) is 0.857. The zero-order valence-electron chi connectivity index (χ0n) is 11.4. The summed E-state index contributed by atoms with van der Waals surface area (Å²) in [4.78, 5) is 14.5. The molecule has 6 nitrogen and oxygen atoms in total. The standard InChI is InChI=1S/C13H20N4O2/c1-3-17-12(11(14)8(2)15-17)13(18)16-6-9-4-5-10(7-16)19-9/h9-10H,3-7,14H2,1-2H3. The van der Waals surface area contributed by atoms with Crippen molar-refractivity contribution in [1.29, 1.82) is 0 Å². The fourth-order valence-corrected chi connectivity index (χ4v) is 2.98. The van der Waals surface area contributed by atoms with E-state index in [9.17, 15) is 4.79 Å². The minimum absolute atomic E-state index is 0.0137. The van der Waals surface area contributed by atoms with Crippen LogP contribution in [0.4, 0.5) is 5.69 Å². The molecule has 0 radical (unpaired) electrons. The molecule has 104 valence electrons. The van der Waals surface area contributed by atoms with Gasteiger partial charge in [0.2, 0.25) is 0 Å². The first-order valence-corrected chi connectivity index (χ1v) is 6.87. The molecule has 2 bridgehead atoms. The molecule has 2 atom stereocenters. The number of anilines is 1. The van der Waals surface area contributed by atoms with E-state index in [0.717, 1.165) is 18.5 Å². The fraction of sp³-hybridized carbons (Fsp3) is 0.692. The van der Waals surface area contributed by atoms with E-state index in [-0.39, 0.29) is 18.1 Å². The highest BCUT2D eigenvalue weighted by molar-refractivity contribution is 5.98. The van der Waals surface area contributed by atoms with Crippen LogP contribution in [0.2, 0.25) is 0 Å². The molecule has 6 heteroatoms. The van der Waals surface area contributed by atoms with E-state index in [1.807, 2.05) is 18.7 Å². The number of amides is 1. The molecular weight excluding hydrogens is 244 g/mol. The first-order valence-electron chi connectivity index (χ1n) is 6.87. The number of carbonyl (C=O) groups is 1. The number of rotatable bonds is 2. The molecule has 2 aliphatic heterocycles. The number of aryl methyl sites for hydroxylation is 2. The van der Waals surface area contributed by atoms with E-state index >= 15 is 0 Å². The summed E-state index contributed by atoms with van der Waals surface area (Å²) in [6.07, 6.45) is 2.50. The molecule has 2 aliphatic rings. The lowest BCUT2D eigenvalue weighted by Gasteiger charge is -2.32. The van der Waals surface area contributed by atoms with Crippen molar-refractivity contribution in [2.45, 2.75) is 45.4 Å². The van der Waals surface area contributed by atoms with Crippen LogP contribution in [0.25, 0.3) is 0 Å². The van der Waals surface area contributed by atoms with Crippen molar-refractivity contribution in [3.63, 3.8) is 0 Å². The van der Waals surface area contributed by atoms with Crippen LogP contribution in [-0.2, 0) is 11.3 Å². The summed E-state index contributed by atoms with van der Waals surface area (Å²) in [7, 11) is 0. The van der Waals surface area contributed by atoms with Gasteiger partial charge in [-0.25, -0.2) is 0 Å². The molecule has 0 spiro atoms. The molecule has 0 aromatic carbocycles. The van der Waals surface area contributed by atoms with Gasteiger partial charge in [-0.05, 0) is 26.7 Å². The molecule has 1 aromatic rings. The van der Waals surface area contributed by atoms with Crippen LogP contribution in [0, 0.1) is 6.92 Å². The zero-order valence-corrected chi connectivity index (χ0v) is 11.4. The Labute approximate surface area is 112 Å². The number of nitrogens with zero attached hydrogens (tertiary/aromatic N) is 3. The van der Waals surface area contributed by atoms with Gasteiger partial charge in [0, 0.05) is 19.6 Å². The Morgan fingerprint density at radius 3 is 2.63 bits per heavy atom. The number of hydrogen-bond donors (Lipinski definition) is 1. The number of morpholine rings is 1. The Balaban J connectivity index is 1.88. The normalized spacial score (nSPS) is 25.9. The van der Waals surface area contributed by atoms with Crippen molar-refractivity contribution in [3.8, 4) is 0 Å². The number of nitrogen functional groups attached to an aromatic ring is 1. The van der Waals surface area contributed by atoms with Gasteiger partial charge in [-0.3, -0.25) is 9.48 Å². The molecule has 2 N–H and O–H groups in total. The summed E-state index contributed by atoms with van der Waals surface area (Å²) in [5.41, 5.74) is 7.77. The van der Waals surface area contributed by atoms with Gasteiger partial charge in [-0.1, -0.05) is 0 Å². The highest BCUT2D eigenvalue weighted by atomic mass is 16.5. The fourth-order valence-electron chi connectivity index (χ4n) is 2.98. The predicted octanol–water partition coefficient (Wildman–Crippen LogP) is 0.797.